The summed E-state index contributed by atoms with van der Waals surface area (Å²) in [4.78, 5) is 104. The summed E-state index contributed by atoms with van der Waals surface area (Å²) in [6, 6.07) is 0. The van der Waals surface area contributed by atoms with Gasteiger partial charge in [0.1, 0.15) is 12.2 Å². The van der Waals surface area contributed by atoms with Crippen LogP contribution in [0.5, 0.6) is 0 Å². The second-order valence-corrected chi connectivity index (χ2v) is 14.6. The topological polar surface area (TPSA) is 290 Å². The molecule has 0 aromatic rings. The number of carbonyl (C=O) groups is 8. The highest BCUT2D eigenvalue weighted by atomic mass is 16.7. The van der Waals surface area contributed by atoms with Gasteiger partial charge in [0, 0.05) is 51.9 Å². The third-order valence-corrected chi connectivity index (χ3v) is 9.29. The summed E-state index contributed by atoms with van der Waals surface area (Å²) in [7, 11) is 0. The Bertz CT molecular complexity index is 1360. The molecule has 3 heterocycles. The fraction of sp³-hybridized carbons (Fsp3) is 0.784. The van der Waals surface area contributed by atoms with Gasteiger partial charge in [-0.1, -0.05) is 0 Å². The van der Waals surface area contributed by atoms with Gasteiger partial charge in [-0.3, -0.25) is 38.5 Å². The molecular weight excluding hydrogens is 782 g/mol. The van der Waals surface area contributed by atoms with Gasteiger partial charge in [-0.2, -0.15) is 0 Å². The highest BCUT2D eigenvalue weighted by Crippen LogP contribution is 2.21. The number of nitrogens with one attached hydrogen (secondary N) is 5. The number of carbonyl (C=O) groups excluding carboxylic acids is 8. The zero-order valence-electron chi connectivity index (χ0n) is 33.9. The van der Waals surface area contributed by atoms with Crippen molar-refractivity contribution < 1.29 is 72.4 Å². The van der Waals surface area contributed by atoms with Crippen LogP contribution in [0.15, 0.2) is 0 Å². The minimum atomic E-state index is -0.806. The molecule has 22 heteroatoms. The number of rotatable bonds is 26. The zero-order valence-corrected chi connectivity index (χ0v) is 33.9. The molecule has 0 aromatic heterocycles. The Morgan fingerprint density at radius 1 is 0.627 bits per heavy atom. The number of hydrogen-bond donors (Lipinski definition) is 7. The van der Waals surface area contributed by atoms with E-state index >= 15 is 0 Å². The van der Waals surface area contributed by atoms with Crippen molar-refractivity contribution in [3.63, 3.8) is 0 Å². The van der Waals surface area contributed by atoms with Gasteiger partial charge in [0.2, 0.25) is 29.5 Å². The highest BCUT2D eigenvalue weighted by molar-refractivity contribution is 6.01. The van der Waals surface area contributed by atoms with Crippen LogP contribution in [0.3, 0.4) is 0 Å². The molecule has 0 aromatic carbocycles. The molecule has 0 spiro atoms. The standard InChI is InChI=1S/C37H61N7O15/c1-24-8-10-26(45)36(57-24)55-18-16-40-30(49)21-43(22-31(50)41-17-19-56-37-27(46)11-9-25(2)58-37)23-32(51)42-20-29(48)39-15-4-3-14-38-28(47)6-5-7-35(54)59-44-33(52)12-13-34(44)53/h24-27,36-37,45-46H,3-23H2,1-2H3,(H,38,47)(H,39,48)(H,40,49)(H,41,50)(H,42,51)/t24-,25-,26-,27-,36+,37+/m0/s1. The lowest BCUT2D eigenvalue weighted by Gasteiger charge is -2.32. The third kappa shape index (κ3) is 20.0. The molecule has 22 nitrogen and oxygen atoms in total. The van der Waals surface area contributed by atoms with E-state index in [4.69, 9.17) is 23.8 Å². The summed E-state index contributed by atoms with van der Waals surface area (Å²) in [6.45, 7) is 3.17. The quantitative estimate of drug-likeness (QED) is 0.0343. The maximum Gasteiger partial charge on any atom is 0.333 e. The van der Waals surface area contributed by atoms with Gasteiger partial charge in [0.25, 0.3) is 11.8 Å². The van der Waals surface area contributed by atoms with E-state index in [0.717, 1.165) is 0 Å². The summed E-state index contributed by atoms with van der Waals surface area (Å²) in [6.07, 6.45) is 0.255. The van der Waals surface area contributed by atoms with Gasteiger partial charge in [0.05, 0.1) is 51.6 Å². The molecule has 3 aliphatic rings. The summed E-state index contributed by atoms with van der Waals surface area (Å²) >= 11 is 0. The van der Waals surface area contributed by atoms with Crippen molar-refractivity contribution in [2.45, 2.75) is 121 Å². The fourth-order valence-electron chi connectivity index (χ4n) is 6.07. The van der Waals surface area contributed by atoms with Gasteiger partial charge in [-0.25, -0.2) is 4.79 Å². The first-order valence-corrected chi connectivity index (χ1v) is 20.2. The minimum Gasteiger partial charge on any atom is -0.388 e. The molecule has 3 rings (SSSR count). The van der Waals surface area contributed by atoms with Crippen molar-refractivity contribution in [2.24, 2.45) is 0 Å². The van der Waals surface area contributed by atoms with Crippen LogP contribution in [0, 0.1) is 0 Å². The molecule has 7 N–H and O–H groups in total. The Hall–Kier alpha value is -4.32. The molecule has 3 aliphatic heterocycles. The van der Waals surface area contributed by atoms with Gasteiger partial charge in [0.15, 0.2) is 12.6 Å². The van der Waals surface area contributed by atoms with Crippen LogP contribution < -0.4 is 26.6 Å². The van der Waals surface area contributed by atoms with Crippen LogP contribution in [-0.2, 0) is 62.1 Å². The predicted molar refractivity (Wildman–Crippen MR) is 203 cm³/mol. The molecule has 0 aliphatic carbocycles. The summed E-state index contributed by atoms with van der Waals surface area (Å²) in [5.41, 5.74) is 0. The number of hydrogen-bond acceptors (Lipinski definition) is 16. The molecule has 59 heavy (non-hydrogen) atoms. The number of aliphatic hydroxyl groups excluding tert-OH is 2. The SMILES string of the molecule is C[C@H]1CC[C@H](O)[C@H](OCCNC(=O)CN(CC(=O)NCCO[C@@H]2O[C@@H](C)CC[C@@H]2O)CC(=O)NCC(=O)NCCCCNC(=O)CCCC(=O)ON2C(=O)CCC2=O)O1. The molecule has 6 atom stereocenters. The molecule has 334 valence electrons. The van der Waals surface area contributed by atoms with Crippen LogP contribution in [0.4, 0.5) is 0 Å². The Balaban J connectivity index is 1.31. The van der Waals surface area contributed by atoms with Crippen molar-refractivity contribution in [3.05, 3.63) is 0 Å². The van der Waals surface area contributed by atoms with Gasteiger partial charge in [-0.15, -0.1) is 5.06 Å². The smallest absolute Gasteiger partial charge is 0.333 e. The van der Waals surface area contributed by atoms with E-state index in [1.165, 1.54) is 4.90 Å². The van der Waals surface area contributed by atoms with Crippen molar-refractivity contribution in [3.8, 4) is 0 Å². The van der Waals surface area contributed by atoms with E-state index in [2.05, 4.69) is 26.6 Å². The number of unbranched alkanes of at least 4 members (excludes halogenated alkanes) is 1. The Labute approximate surface area is 343 Å². The van der Waals surface area contributed by atoms with Gasteiger partial charge < -0.3 is 60.6 Å². The number of aliphatic hydroxyl groups is 2. The number of hydroxylamine groups is 2. The van der Waals surface area contributed by atoms with Gasteiger partial charge >= 0.3 is 5.97 Å². The van der Waals surface area contributed by atoms with Crippen LogP contribution >= 0.6 is 0 Å². The van der Waals surface area contributed by atoms with E-state index in [-0.39, 0.29) is 109 Å². The normalized spacial score (nSPS) is 23.1. The number of ether oxygens (including phenoxy) is 4. The first kappa shape index (κ1) is 49.0. The molecule has 3 saturated heterocycles. The maximum atomic E-state index is 12.8. The van der Waals surface area contributed by atoms with E-state index in [1.807, 2.05) is 13.8 Å². The van der Waals surface area contributed by atoms with Crippen molar-refractivity contribution in [1.82, 2.24) is 36.5 Å². The lowest BCUT2D eigenvalue weighted by atomic mass is 10.1. The molecule has 0 radical (unpaired) electrons. The molecule has 0 saturated carbocycles. The average Bonchev–Trinajstić information content (AvgIpc) is 3.50. The fourth-order valence-corrected chi connectivity index (χ4v) is 6.07. The van der Waals surface area contributed by atoms with Crippen molar-refractivity contribution in [1.29, 1.82) is 0 Å². The average molecular weight is 844 g/mol. The first-order valence-electron chi connectivity index (χ1n) is 20.2. The Kier molecular flexibility index (Phi) is 22.2. The lowest BCUT2D eigenvalue weighted by molar-refractivity contribution is -0.235. The minimum absolute atomic E-state index is 0.00795. The molecule has 3 fully saturated rings. The Morgan fingerprint density at radius 3 is 1.59 bits per heavy atom. The summed E-state index contributed by atoms with van der Waals surface area (Å²) in [5, 5.41) is 33.8. The first-order chi connectivity index (χ1) is 28.2. The Morgan fingerprint density at radius 2 is 1.08 bits per heavy atom. The zero-order chi connectivity index (χ0) is 43.2. The number of amides is 7. The van der Waals surface area contributed by atoms with Crippen molar-refractivity contribution in [2.75, 3.05) is 65.6 Å². The molecular formula is C37H61N7O15. The molecule has 0 unspecified atom stereocenters. The lowest BCUT2D eigenvalue weighted by Crippen LogP contribution is -2.49. The molecule has 0 bridgehead atoms. The van der Waals surface area contributed by atoms with Crippen molar-refractivity contribution >= 4 is 47.3 Å². The predicted octanol–water partition coefficient (Wildman–Crippen LogP) is -2.77. The second kappa shape index (κ2) is 26.7. The second-order valence-electron chi connectivity index (χ2n) is 14.6. The van der Waals surface area contributed by atoms with Gasteiger partial charge in [-0.05, 0) is 58.8 Å². The largest absolute Gasteiger partial charge is 0.388 e. The van der Waals surface area contributed by atoms with E-state index < -0.39 is 66.2 Å². The van der Waals surface area contributed by atoms with E-state index in [0.29, 0.717) is 50.1 Å². The summed E-state index contributed by atoms with van der Waals surface area (Å²) < 4.78 is 22.3. The maximum absolute atomic E-state index is 12.8. The number of nitrogens with zero attached hydrogens (tertiary/aromatic N) is 2. The van der Waals surface area contributed by atoms with Crippen LogP contribution in [0.25, 0.3) is 0 Å². The monoisotopic (exact) mass is 843 g/mol. The van der Waals surface area contributed by atoms with E-state index in [1.54, 1.807) is 0 Å². The molecule has 7 amide bonds. The third-order valence-electron chi connectivity index (χ3n) is 9.29. The van der Waals surface area contributed by atoms with Crippen LogP contribution in [0.2, 0.25) is 0 Å². The highest BCUT2D eigenvalue weighted by Gasteiger charge is 2.33. The van der Waals surface area contributed by atoms with Crippen LogP contribution in [0.1, 0.15) is 84.5 Å². The van der Waals surface area contributed by atoms with E-state index in [9.17, 15) is 48.6 Å². The number of imide groups is 1. The summed E-state index contributed by atoms with van der Waals surface area (Å²) in [5.74, 6) is -4.33. The van der Waals surface area contributed by atoms with Crippen LogP contribution in [-0.4, -0.2) is 170 Å².